The molecular formula is C33H40N2O21. The van der Waals surface area contributed by atoms with Crippen LogP contribution >= 0.6 is 0 Å². The number of carbonyl (C=O) groups excluding carboxylic acids is 8. The molecule has 2 aliphatic rings. The molecule has 10 atom stereocenters. The summed E-state index contributed by atoms with van der Waals surface area (Å²) in [6.45, 7) is 5.70. The van der Waals surface area contributed by atoms with Crippen molar-refractivity contribution in [2.24, 2.45) is 0 Å². The van der Waals surface area contributed by atoms with Gasteiger partial charge in [-0.2, -0.15) is 0 Å². The Bertz CT molecular complexity index is 1650. The van der Waals surface area contributed by atoms with E-state index in [2.05, 4.69) is 5.32 Å². The van der Waals surface area contributed by atoms with Crippen LogP contribution in [0.1, 0.15) is 48.5 Å². The molecule has 3 rings (SSSR count). The van der Waals surface area contributed by atoms with E-state index in [0.717, 1.165) is 60.6 Å². The molecule has 0 radical (unpaired) electrons. The average molecular weight is 801 g/mol. The maximum Gasteiger partial charge on any atom is 0.412 e. The van der Waals surface area contributed by atoms with Gasteiger partial charge in [0, 0.05) is 66.3 Å². The lowest BCUT2D eigenvalue weighted by Crippen LogP contribution is -2.67. The molecule has 308 valence electrons. The maximum absolute atomic E-state index is 13.4. The van der Waals surface area contributed by atoms with Crippen LogP contribution in [0.15, 0.2) is 24.3 Å². The Morgan fingerprint density at radius 1 is 0.554 bits per heavy atom. The molecule has 0 bridgehead atoms. The van der Waals surface area contributed by atoms with Gasteiger partial charge >= 0.3 is 47.9 Å². The normalized spacial score (nSPS) is 26.9. The molecule has 2 fully saturated rings. The number of carbonyl (C=O) groups is 8. The molecule has 2 aliphatic heterocycles. The summed E-state index contributed by atoms with van der Waals surface area (Å²) >= 11 is 0. The average Bonchev–Trinajstić information content (AvgIpc) is 3.07. The van der Waals surface area contributed by atoms with Crippen molar-refractivity contribution in [1.29, 1.82) is 0 Å². The standard InChI is InChI=1S/C33H40N2O21/c1-14(36)46-12-23-25(48-16(3)38)27(50-18(5)40)29(31(53-23)52-20(7)42)55-32-30(56-33(43)34-21-8-10-22(11-9-21)35(44)45)28(51-19(6)41)26(49-17(4)39)24(54-32)13-47-15(2)37/h8-11,23-32H,12-13H2,1-7H3,(H,34,43)/t23-,24-,25+,26-,27-,28+,29-,30+,31+,32+/m1/s1. The van der Waals surface area contributed by atoms with Crippen LogP contribution in [0.25, 0.3) is 0 Å². The molecule has 1 N–H and O–H groups in total. The number of nitrogens with one attached hydrogen (secondary N) is 1. The predicted molar refractivity (Wildman–Crippen MR) is 176 cm³/mol. The molecule has 2 saturated heterocycles. The second-order valence-corrected chi connectivity index (χ2v) is 12.0. The quantitative estimate of drug-likeness (QED) is 0.118. The van der Waals surface area contributed by atoms with Gasteiger partial charge in [-0.25, -0.2) is 4.79 Å². The summed E-state index contributed by atoms with van der Waals surface area (Å²) in [6, 6.07) is 4.48. The monoisotopic (exact) mass is 800 g/mol. The Kier molecular flexibility index (Phi) is 16.0. The number of nitro benzene ring substituents is 1. The molecule has 0 aromatic heterocycles. The molecule has 0 unspecified atom stereocenters. The predicted octanol–water partition coefficient (Wildman–Crippen LogP) is 0.763. The number of hydrogen-bond donors (Lipinski definition) is 1. The molecule has 0 aliphatic carbocycles. The molecule has 56 heavy (non-hydrogen) atoms. The summed E-state index contributed by atoms with van der Waals surface area (Å²) in [5, 5.41) is 13.4. The van der Waals surface area contributed by atoms with Crippen molar-refractivity contribution in [3.05, 3.63) is 34.4 Å². The second kappa shape index (κ2) is 20.1. The third-order valence-corrected chi connectivity index (χ3v) is 7.43. The number of hydrogen-bond acceptors (Lipinski definition) is 21. The Hall–Kier alpha value is -5.94. The third-order valence-electron chi connectivity index (χ3n) is 7.43. The fraction of sp³-hybridized carbons (Fsp3) is 0.576. The van der Waals surface area contributed by atoms with E-state index in [0.29, 0.717) is 0 Å². The zero-order valence-corrected chi connectivity index (χ0v) is 31.0. The van der Waals surface area contributed by atoms with E-state index in [1.54, 1.807) is 0 Å². The van der Waals surface area contributed by atoms with Crippen LogP contribution in [-0.4, -0.2) is 127 Å². The van der Waals surface area contributed by atoms with Crippen LogP contribution in [0, 0.1) is 10.1 Å². The SMILES string of the molecule is CC(=O)OC[C@H]1O[C@H](OC(C)=O)[C@H](O[C@@H]2O[C@H](COC(C)=O)[C@@H](OC(C)=O)[C@H](OC(C)=O)[C@@H]2OC(=O)Nc2ccc([N+](=O)[O-])cc2)[C@H](OC(C)=O)[C@H]1OC(C)=O. The van der Waals surface area contributed by atoms with Crippen molar-refractivity contribution in [1.82, 2.24) is 0 Å². The highest BCUT2D eigenvalue weighted by atomic mass is 16.8. The fourth-order valence-corrected chi connectivity index (χ4v) is 5.47. The van der Waals surface area contributed by atoms with Gasteiger partial charge in [0.05, 0.1) is 4.92 Å². The molecule has 23 nitrogen and oxygen atoms in total. The molecule has 1 aromatic carbocycles. The van der Waals surface area contributed by atoms with Crippen molar-refractivity contribution >= 4 is 59.3 Å². The highest BCUT2D eigenvalue weighted by molar-refractivity contribution is 5.85. The first-order valence-electron chi connectivity index (χ1n) is 16.6. The summed E-state index contributed by atoms with van der Waals surface area (Å²) < 4.78 is 61.0. The molecule has 1 aromatic rings. The minimum Gasteiger partial charge on any atom is -0.463 e. The van der Waals surface area contributed by atoms with E-state index in [9.17, 15) is 48.5 Å². The largest absolute Gasteiger partial charge is 0.463 e. The number of amides is 1. The van der Waals surface area contributed by atoms with Gasteiger partial charge in [-0.05, 0) is 12.1 Å². The summed E-state index contributed by atoms with van der Waals surface area (Å²) in [4.78, 5) is 109. The molecule has 0 spiro atoms. The molecular weight excluding hydrogens is 760 g/mol. The Labute approximate surface area is 317 Å². The fourth-order valence-electron chi connectivity index (χ4n) is 5.47. The van der Waals surface area contributed by atoms with Gasteiger partial charge in [0.15, 0.2) is 42.9 Å². The lowest BCUT2D eigenvalue weighted by atomic mass is 9.96. The number of esters is 7. The van der Waals surface area contributed by atoms with Crippen LogP contribution in [0.2, 0.25) is 0 Å². The van der Waals surface area contributed by atoms with Gasteiger partial charge in [0.2, 0.25) is 6.29 Å². The number of rotatable bonds is 14. The van der Waals surface area contributed by atoms with Gasteiger partial charge in [0.25, 0.3) is 5.69 Å². The Morgan fingerprint density at radius 2 is 0.964 bits per heavy atom. The zero-order chi connectivity index (χ0) is 41.9. The van der Waals surface area contributed by atoms with E-state index in [-0.39, 0.29) is 11.4 Å². The summed E-state index contributed by atoms with van der Waals surface area (Å²) in [5.41, 5.74) is -0.325. The van der Waals surface area contributed by atoms with Gasteiger partial charge in [-0.3, -0.25) is 49.0 Å². The Morgan fingerprint density at radius 3 is 1.38 bits per heavy atom. The third kappa shape index (κ3) is 13.1. The Balaban J connectivity index is 2.19. The number of non-ortho nitro benzene ring substituents is 1. The summed E-state index contributed by atoms with van der Waals surface area (Å²) in [5.74, 6) is -6.49. The minimum atomic E-state index is -2.04. The lowest BCUT2D eigenvalue weighted by Gasteiger charge is -2.48. The minimum absolute atomic E-state index is 0.0170. The van der Waals surface area contributed by atoms with Crippen LogP contribution in [0.5, 0.6) is 0 Å². The van der Waals surface area contributed by atoms with Crippen molar-refractivity contribution in [2.75, 3.05) is 18.5 Å². The molecule has 1 amide bonds. The maximum atomic E-state index is 13.4. The first-order valence-corrected chi connectivity index (χ1v) is 16.6. The highest BCUT2D eigenvalue weighted by Crippen LogP contribution is 2.36. The summed E-state index contributed by atoms with van der Waals surface area (Å²) in [6.07, 6.45) is -19.0. The van der Waals surface area contributed by atoms with Crippen LogP contribution in [0.3, 0.4) is 0 Å². The first kappa shape index (κ1) is 44.5. The molecule has 2 heterocycles. The number of anilines is 1. The topological polar surface area (TPSA) is 293 Å². The summed E-state index contributed by atoms with van der Waals surface area (Å²) in [7, 11) is 0. The van der Waals surface area contributed by atoms with Gasteiger partial charge in [-0.1, -0.05) is 0 Å². The highest BCUT2D eigenvalue weighted by Gasteiger charge is 2.58. The number of benzene rings is 1. The van der Waals surface area contributed by atoms with Crippen molar-refractivity contribution in [2.45, 2.75) is 110 Å². The smallest absolute Gasteiger partial charge is 0.412 e. The number of nitrogens with zero attached hydrogens (tertiary/aromatic N) is 1. The van der Waals surface area contributed by atoms with Crippen LogP contribution < -0.4 is 5.32 Å². The van der Waals surface area contributed by atoms with Crippen LogP contribution in [-0.2, 0) is 85.7 Å². The lowest BCUT2D eigenvalue weighted by molar-refractivity contribution is -0.384. The second-order valence-electron chi connectivity index (χ2n) is 12.0. The molecule has 0 saturated carbocycles. The number of nitro groups is 1. The van der Waals surface area contributed by atoms with E-state index >= 15 is 0 Å². The van der Waals surface area contributed by atoms with E-state index in [4.69, 9.17) is 52.1 Å². The van der Waals surface area contributed by atoms with E-state index in [1.165, 1.54) is 12.1 Å². The first-order chi connectivity index (χ1) is 26.2. The van der Waals surface area contributed by atoms with Gasteiger partial charge in [0.1, 0.15) is 25.4 Å². The van der Waals surface area contributed by atoms with E-state index in [1.807, 2.05) is 0 Å². The number of ether oxygens (including phenoxy) is 11. The van der Waals surface area contributed by atoms with Crippen molar-refractivity contribution in [3.63, 3.8) is 0 Å². The van der Waals surface area contributed by atoms with Crippen molar-refractivity contribution in [3.8, 4) is 0 Å². The van der Waals surface area contributed by atoms with Crippen LogP contribution in [0.4, 0.5) is 16.2 Å². The van der Waals surface area contributed by atoms with Gasteiger partial charge < -0.3 is 52.1 Å². The van der Waals surface area contributed by atoms with E-state index < -0.39 is 127 Å². The molecule has 23 heteroatoms. The van der Waals surface area contributed by atoms with Crippen molar-refractivity contribution < 1.29 is 95.4 Å². The zero-order valence-electron chi connectivity index (χ0n) is 31.0. The van der Waals surface area contributed by atoms with Gasteiger partial charge in [-0.15, -0.1) is 0 Å².